The van der Waals surface area contributed by atoms with Gasteiger partial charge in [0.2, 0.25) is 0 Å². The minimum atomic E-state index is -0.496. The van der Waals surface area contributed by atoms with Gasteiger partial charge < -0.3 is 21.1 Å². The van der Waals surface area contributed by atoms with Gasteiger partial charge in [0.15, 0.2) is 12.6 Å². The van der Waals surface area contributed by atoms with Gasteiger partial charge in [-0.25, -0.2) is 4.99 Å². The lowest BCUT2D eigenvalue weighted by Crippen LogP contribution is -2.39. The van der Waals surface area contributed by atoms with Crippen molar-refractivity contribution < 1.29 is 9.53 Å². The molecule has 4 N–H and O–H groups in total. The lowest BCUT2D eigenvalue weighted by Gasteiger charge is -2.16. The van der Waals surface area contributed by atoms with Gasteiger partial charge >= 0.3 is 0 Å². The van der Waals surface area contributed by atoms with Gasteiger partial charge in [0, 0.05) is 13.1 Å². The molecule has 0 spiro atoms. The van der Waals surface area contributed by atoms with E-state index in [9.17, 15) is 4.79 Å². The molecule has 0 heterocycles. The Morgan fingerprint density at radius 1 is 1.18 bits per heavy atom. The predicted octanol–water partition coefficient (Wildman–Crippen LogP) is 2.72. The van der Waals surface area contributed by atoms with Gasteiger partial charge in [0.25, 0.3) is 5.91 Å². The van der Waals surface area contributed by atoms with Crippen LogP contribution in [0.4, 0.5) is 0 Å². The third-order valence-electron chi connectivity index (χ3n) is 4.23. The van der Waals surface area contributed by atoms with Gasteiger partial charge in [-0.2, -0.15) is 0 Å². The highest BCUT2D eigenvalue weighted by molar-refractivity contribution is 5.79. The molecule has 0 fully saturated rings. The molecule has 28 heavy (non-hydrogen) atoms. The zero-order valence-corrected chi connectivity index (χ0v) is 16.9. The molecule has 150 valence electrons. The Labute approximate surface area is 167 Å². The molecule has 2 aromatic rings. The maximum Gasteiger partial charge on any atom is 0.255 e. The van der Waals surface area contributed by atoms with Gasteiger partial charge in [0.1, 0.15) is 5.75 Å². The van der Waals surface area contributed by atoms with E-state index in [1.165, 1.54) is 11.1 Å². The number of aliphatic imine (C=N–C) groups is 1. The largest absolute Gasteiger partial charge is 0.484 e. The van der Waals surface area contributed by atoms with Crippen LogP contribution in [0.2, 0.25) is 0 Å². The number of carbonyl (C=O) groups is 1. The Morgan fingerprint density at radius 3 is 2.68 bits per heavy atom. The van der Waals surface area contributed by atoms with E-state index in [-0.39, 0.29) is 6.61 Å². The highest BCUT2D eigenvalue weighted by Gasteiger charge is 2.07. The number of nitrogens with two attached hydrogens (primary N) is 1. The topological polar surface area (TPSA) is 88.7 Å². The van der Waals surface area contributed by atoms with Crippen molar-refractivity contribution in [1.29, 1.82) is 0 Å². The number of nitrogens with zero attached hydrogens (tertiary/aromatic N) is 1. The molecular weight excluding hydrogens is 352 g/mol. The summed E-state index contributed by atoms with van der Waals surface area (Å²) in [6.07, 6.45) is 0. The zero-order valence-electron chi connectivity index (χ0n) is 16.9. The highest BCUT2D eigenvalue weighted by Crippen LogP contribution is 2.16. The number of rotatable bonds is 9. The van der Waals surface area contributed by atoms with Gasteiger partial charge in [0.05, 0.1) is 6.54 Å². The van der Waals surface area contributed by atoms with Crippen LogP contribution in [-0.2, 0) is 11.3 Å². The van der Waals surface area contributed by atoms with Crippen LogP contribution in [0.3, 0.4) is 0 Å². The van der Waals surface area contributed by atoms with E-state index in [2.05, 4.69) is 53.7 Å². The van der Waals surface area contributed by atoms with Crippen LogP contribution in [0.25, 0.3) is 0 Å². The van der Waals surface area contributed by atoms with Crippen molar-refractivity contribution in [3.63, 3.8) is 0 Å². The molecular formula is C22H30N4O2. The Morgan fingerprint density at radius 2 is 1.96 bits per heavy atom. The quantitative estimate of drug-likeness (QED) is 0.460. The number of hydrogen-bond donors (Lipinski definition) is 3. The molecule has 0 aliphatic carbocycles. The van der Waals surface area contributed by atoms with Crippen molar-refractivity contribution >= 4 is 11.9 Å². The van der Waals surface area contributed by atoms with Gasteiger partial charge in [-0.3, -0.25) is 4.79 Å². The fraction of sp³-hybridized carbons (Fsp3) is 0.364. The lowest BCUT2D eigenvalue weighted by molar-refractivity contribution is -0.119. The number of guanidine groups is 1. The third kappa shape index (κ3) is 7.31. The first-order valence-electron chi connectivity index (χ1n) is 9.56. The molecule has 2 aromatic carbocycles. The second kappa shape index (κ2) is 11.0. The van der Waals surface area contributed by atoms with Crippen molar-refractivity contribution in [3.05, 3.63) is 65.2 Å². The Bertz CT molecular complexity index is 805. The number of aryl methyl sites for hydroxylation is 1. The summed E-state index contributed by atoms with van der Waals surface area (Å²) < 4.78 is 5.35. The van der Waals surface area contributed by atoms with E-state index in [0.717, 1.165) is 24.6 Å². The van der Waals surface area contributed by atoms with Crippen molar-refractivity contribution in [2.75, 3.05) is 19.7 Å². The number of primary amides is 1. The summed E-state index contributed by atoms with van der Waals surface area (Å²) >= 11 is 0. The molecule has 0 aliphatic heterocycles. The lowest BCUT2D eigenvalue weighted by atomic mass is 9.99. The van der Waals surface area contributed by atoms with E-state index in [4.69, 9.17) is 10.5 Å². The van der Waals surface area contributed by atoms with Gasteiger partial charge in [-0.05, 0) is 43.0 Å². The van der Waals surface area contributed by atoms with E-state index in [1.54, 1.807) is 6.07 Å². The van der Waals surface area contributed by atoms with Crippen molar-refractivity contribution in [2.45, 2.75) is 33.2 Å². The van der Waals surface area contributed by atoms with E-state index >= 15 is 0 Å². The Balaban J connectivity index is 1.96. The second-order valence-corrected chi connectivity index (χ2v) is 6.79. The van der Waals surface area contributed by atoms with Crippen LogP contribution in [0.15, 0.2) is 53.5 Å². The maximum atomic E-state index is 10.9. The molecule has 1 unspecified atom stereocenters. The second-order valence-electron chi connectivity index (χ2n) is 6.79. The molecule has 0 aromatic heterocycles. The average Bonchev–Trinajstić information content (AvgIpc) is 2.68. The van der Waals surface area contributed by atoms with Crippen LogP contribution >= 0.6 is 0 Å². The first kappa shape index (κ1) is 21.3. The molecule has 0 aliphatic rings. The summed E-state index contributed by atoms with van der Waals surface area (Å²) in [6, 6.07) is 16.1. The number of amides is 1. The fourth-order valence-corrected chi connectivity index (χ4v) is 2.74. The number of benzene rings is 2. The number of hydrogen-bond acceptors (Lipinski definition) is 3. The SMILES string of the molecule is CCNC(=NCc1cccc(OCC(N)=O)c1)NCC(C)c1cccc(C)c1. The molecule has 0 saturated carbocycles. The van der Waals surface area contributed by atoms with E-state index in [0.29, 0.717) is 18.2 Å². The first-order chi connectivity index (χ1) is 13.5. The van der Waals surface area contributed by atoms with Crippen LogP contribution in [0, 0.1) is 6.92 Å². The Hall–Kier alpha value is -3.02. The molecule has 2 rings (SSSR count). The summed E-state index contributed by atoms with van der Waals surface area (Å²) in [5.74, 6) is 1.25. The monoisotopic (exact) mass is 382 g/mol. The van der Waals surface area contributed by atoms with Crippen LogP contribution < -0.4 is 21.1 Å². The van der Waals surface area contributed by atoms with E-state index < -0.39 is 5.91 Å². The van der Waals surface area contributed by atoms with Gasteiger partial charge in [-0.15, -0.1) is 0 Å². The average molecular weight is 383 g/mol. The Kier molecular flexibility index (Phi) is 8.34. The molecule has 0 saturated heterocycles. The number of carbonyl (C=O) groups excluding carboxylic acids is 1. The predicted molar refractivity (Wildman–Crippen MR) is 114 cm³/mol. The third-order valence-corrected chi connectivity index (χ3v) is 4.23. The van der Waals surface area contributed by atoms with Crippen molar-refractivity contribution in [1.82, 2.24) is 10.6 Å². The normalized spacial score (nSPS) is 12.3. The fourth-order valence-electron chi connectivity index (χ4n) is 2.74. The zero-order chi connectivity index (χ0) is 20.4. The van der Waals surface area contributed by atoms with Crippen LogP contribution in [0.5, 0.6) is 5.75 Å². The standard InChI is InChI=1S/C22H30N4O2/c1-4-24-22(25-13-17(3)19-9-5-7-16(2)11-19)26-14-18-8-6-10-20(12-18)28-15-21(23)27/h5-12,17H,4,13-15H2,1-3H3,(H2,23,27)(H2,24,25,26). The van der Waals surface area contributed by atoms with Crippen molar-refractivity contribution in [2.24, 2.45) is 10.7 Å². The summed E-state index contributed by atoms with van der Waals surface area (Å²) in [7, 11) is 0. The summed E-state index contributed by atoms with van der Waals surface area (Å²) in [5.41, 5.74) is 8.68. The van der Waals surface area contributed by atoms with E-state index in [1.807, 2.05) is 25.1 Å². The molecule has 1 amide bonds. The number of nitrogens with one attached hydrogen (secondary N) is 2. The highest BCUT2D eigenvalue weighted by atomic mass is 16.5. The molecule has 6 heteroatoms. The molecule has 0 radical (unpaired) electrons. The summed E-state index contributed by atoms with van der Waals surface area (Å²) in [4.78, 5) is 15.5. The maximum absolute atomic E-state index is 10.9. The van der Waals surface area contributed by atoms with Crippen LogP contribution in [-0.4, -0.2) is 31.6 Å². The number of ether oxygens (including phenoxy) is 1. The summed E-state index contributed by atoms with van der Waals surface area (Å²) in [5, 5.41) is 6.68. The first-order valence-corrected chi connectivity index (χ1v) is 9.56. The smallest absolute Gasteiger partial charge is 0.255 e. The molecule has 1 atom stereocenters. The molecule has 6 nitrogen and oxygen atoms in total. The summed E-state index contributed by atoms with van der Waals surface area (Å²) in [6.45, 7) is 8.29. The van der Waals surface area contributed by atoms with Gasteiger partial charge in [-0.1, -0.05) is 48.9 Å². The minimum Gasteiger partial charge on any atom is -0.484 e. The van der Waals surface area contributed by atoms with Crippen LogP contribution in [0.1, 0.15) is 36.5 Å². The molecule has 0 bridgehead atoms. The minimum absolute atomic E-state index is 0.131. The van der Waals surface area contributed by atoms with Crippen molar-refractivity contribution in [3.8, 4) is 5.75 Å².